The predicted octanol–water partition coefficient (Wildman–Crippen LogP) is 4.35. The number of hydrogen-bond acceptors (Lipinski definition) is 1. The molecule has 18 heavy (non-hydrogen) atoms. The molecule has 0 heterocycles. The lowest BCUT2D eigenvalue weighted by atomic mass is 10.00. The molecule has 1 fully saturated rings. The zero-order valence-corrected chi connectivity index (χ0v) is 10.1. The molecular formula is C15H14F2O. The van der Waals surface area contributed by atoms with E-state index in [9.17, 15) is 8.78 Å². The van der Waals surface area contributed by atoms with Crippen molar-refractivity contribution in [2.75, 3.05) is 7.11 Å². The Labute approximate surface area is 104 Å². The molecule has 0 bridgehead atoms. The van der Waals surface area contributed by atoms with Gasteiger partial charge < -0.3 is 4.74 Å². The van der Waals surface area contributed by atoms with Crippen molar-refractivity contribution in [1.82, 2.24) is 0 Å². The van der Waals surface area contributed by atoms with Crippen LogP contribution in [0.3, 0.4) is 0 Å². The van der Waals surface area contributed by atoms with E-state index in [1.165, 1.54) is 6.07 Å². The molecule has 0 N–H and O–H groups in total. The fourth-order valence-electron chi connectivity index (χ4n) is 2.24. The molecule has 0 radical (unpaired) electrons. The first-order chi connectivity index (χ1) is 8.61. The average Bonchev–Trinajstić information content (AvgIpc) is 3.22. The van der Waals surface area contributed by atoms with Crippen molar-refractivity contribution in [2.24, 2.45) is 5.92 Å². The Morgan fingerprint density at radius 2 is 1.72 bits per heavy atom. The summed E-state index contributed by atoms with van der Waals surface area (Å²) in [6.45, 7) is 0. The second-order valence-corrected chi connectivity index (χ2v) is 4.83. The van der Waals surface area contributed by atoms with Gasteiger partial charge in [0.2, 0.25) is 0 Å². The second-order valence-electron chi connectivity index (χ2n) is 4.83. The first-order valence-electron chi connectivity index (χ1n) is 6.07. The summed E-state index contributed by atoms with van der Waals surface area (Å²) < 4.78 is 33.1. The molecule has 0 amide bonds. The molecule has 0 aliphatic heterocycles. The zero-order valence-electron chi connectivity index (χ0n) is 10.1. The third-order valence-electron chi connectivity index (χ3n) is 3.52. The highest BCUT2D eigenvalue weighted by Gasteiger charge is 2.47. The fourth-order valence-corrected chi connectivity index (χ4v) is 2.24. The number of benzene rings is 2. The van der Waals surface area contributed by atoms with Gasteiger partial charge in [0.05, 0.1) is 7.11 Å². The van der Waals surface area contributed by atoms with Gasteiger partial charge in [-0.25, -0.2) is 8.78 Å². The van der Waals surface area contributed by atoms with Gasteiger partial charge in [0.15, 0.2) is 0 Å². The van der Waals surface area contributed by atoms with Crippen molar-refractivity contribution in [3.05, 3.63) is 42.0 Å². The summed E-state index contributed by atoms with van der Waals surface area (Å²) in [6.07, 6.45) is 1.27. The standard InChI is InChI=1S/C15H14F2O/c1-18-14-7-3-10-8-13(4-2-11(10)9-14)15(16,17)12-5-6-12/h2-4,7-9,12H,5-6H2,1H3. The summed E-state index contributed by atoms with van der Waals surface area (Å²) >= 11 is 0. The van der Waals surface area contributed by atoms with E-state index in [0.29, 0.717) is 12.8 Å². The minimum atomic E-state index is -2.69. The normalized spacial score (nSPS) is 15.9. The Kier molecular flexibility index (Phi) is 2.51. The molecule has 94 valence electrons. The fraction of sp³-hybridized carbons (Fsp3) is 0.333. The molecule has 1 aliphatic rings. The van der Waals surface area contributed by atoms with Gasteiger partial charge in [-0.2, -0.15) is 0 Å². The van der Waals surface area contributed by atoms with Gasteiger partial charge in [-0.05, 0) is 41.8 Å². The predicted molar refractivity (Wildman–Crippen MR) is 67.1 cm³/mol. The summed E-state index contributed by atoms with van der Waals surface area (Å²) in [7, 11) is 1.59. The van der Waals surface area contributed by atoms with Gasteiger partial charge in [-0.15, -0.1) is 0 Å². The third kappa shape index (κ3) is 1.84. The molecule has 0 spiro atoms. The number of alkyl halides is 2. The molecule has 1 nitrogen and oxygen atoms in total. The van der Waals surface area contributed by atoms with Gasteiger partial charge in [0, 0.05) is 11.5 Å². The van der Waals surface area contributed by atoms with Gasteiger partial charge in [-0.3, -0.25) is 0 Å². The van der Waals surface area contributed by atoms with Crippen LogP contribution in [-0.2, 0) is 5.92 Å². The van der Waals surface area contributed by atoms with E-state index in [0.717, 1.165) is 16.5 Å². The Hall–Kier alpha value is -1.64. The number of ether oxygens (including phenoxy) is 1. The van der Waals surface area contributed by atoms with Crippen LogP contribution in [0.15, 0.2) is 36.4 Å². The largest absolute Gasteiger partial charge is 0.497 e. The molecule has 1 aliphatic carbocycles. The van der Waals surface area contributed by atoms with E-state index in [-0.39, 0.29) is 5.56 Å². The number of halogens is 2. The summed E-state index contributed by atoms with van der Waals surface area (Å²) in [5, 5.41) is 1.75. The van der Waals surface area contributed by atoms with Crippen LogP contribution in [-0.4, -0.2) is 7.11 Å². The van der Waals surface area contributed by atoms with Crippen molar-refractivity contribution in [3.63, 3.8) is 0 Å². The van der Waals surface area contributed by atoms with Crippen molar-refractivity contribution >= 4 is 10.8 Å². The molecule has 0 atom stereocenters. The number of rotatable bonds is 3. The van der Waals surface area contributed by atoms with E-state index >= 15 is 0 Å². The van der Waals surface area contributed by atoms with E-state index in [1.54, 1.807) is 25.3 Å². The SMILES string of the molecule is COc1ccc2cc(C(F)(F)C3CC3)ccc2c1. The average molecular weight is 248 g/mol. The maximum atomic E-state index is 14.0. The molecule has 0 saturated heterocycles. The summed E-state index contributed by atoms with van der Waals surface area (Å²) in [5.74, 6) is -2.41. The van der Waals surface area contributed by atoms with Crippen LogP contribution in [0.5, 0.6) is 5.75 Å². The number of methoxy groups -OCH3 is 1. The monoisotopic (exact) mass is 248 g/mol. The zero-order chi connectivity index (χ0) is 12.8. The van der Waals surface area contributed by atoms with Gasteiger partial charge in [-0.1, -0.05) is 18.2 Å². The Morgan fingerprint density at radius 3 is 2.39 bits per heavy atom. The van der Waals surface area contributed by atoms with E-state index in [4.69, 9.17) is 4.74 Å². The van der Waals surface area contributed by atoms with E-state index in [2.05, 4.69) is 0 Å². The highest BCUT2D eigenvalue weighted by molar-refractivity contribution is 5.84. The van der Waals surface area contributed by atoms with E-state index < -0.39 is 11.8 Å². The van der Waals surface area contributed by atoms with Crippen molar-refractivity contribution in [3.8, 4) is 5.75 Å². The lowest BCUT2D eigenvalue weighted by molar-refractivity contribution is -0.0284. The van der Waals surface area contributed by atoms with Crippen LogP contribution in [0.4, 0.5) is 8.78 Å². The van der Waals surface area contributed by atoms with Crippen LogP contribution < -0.4 is 4.74 Å². The van der Waals surface area contributed by atoms with E-state index in [1.807, 2.05) is 12.1 Å². The van der Waals surface area contributed by atoms with Crippen LogP contribution in [0.1, 0.15) is 18.4 Å². The third-order valence-corrected chi connectivity index (χ3v) is 3.52. The summed E-state index contributed by atoms with van der Waals surface area (Å²) in [6, 6.07) is 10.3. The summed E-state index contributed by atoms with van der Waals surface area (Å²) in [5.41, 5.74) is 0.127. The number of fused-ring (bicyclic) bond motifs is 1. The minimum absolute atomic E-state index is 0.127. The van der Waals surface area contributed by atoms with Crippen molar-refractivity contribution < 1.29 is 13.5 Å². The molecule has 3 heteroatoms. The van der Waals surface area contributed by atoms with Crippen LogP contribution in [0.25, 0.3) is 10.8 Å². The molecular weight excluding hydrogens is 234 g/mol. The van der Waals surface area contributed by atoms with Gasteiger partial charge >= 0.3 is 0 Å². The smallest absolute Gasteiger partial charge is 0.276 e. The lowest BCUT2D eigenvalue weighted by Gasteiger charge is -2.16. The Balaban J connectivity index is 2.06. The quantitative estimate of drug-likeness (QED) is 0.784. The lowest BCUT2D eigenvalue weighted by Crippen LogP contribution is -2.15. The first kappa shape index (κ1) is 11.5. The second kappa shape index (κ2) is 3.94. The number of hydrogen-bond donors (Lipinski definition) is 0. The first-order valence-corrected chi connectivity index (χ1v) is 6.07. The van der Waals surface area contributed by atoms with Crippen molar-refractivity contribution in [1.29, 1.82) is 0 Å². The molecule has 0 aromatic heterocycles. The van der Waals surface area contributed by atoms with Crippen LogP contribution >= 0.6 is 0 Å². The van der Waals surface area contributed by atoms with Gasteiger partial charge in [0.1, 0.15) is 5.75 Å². The molecule has 2 aromatic rings. The molecule has 3 rings (SSSR count). The highest BCUT2D eigenvalue weighted by Crippen LogP contribution is 2.50. The molecule has 2 aromatic carbocycles. The van der Waals surface area contributed by atoms with Crippen LogP contribution in [0, 0.1) is 5.92 Å². The van der Waals surface area contributed by atoms with Crippen molar-refractivity contribution in [2.45, 2.75) is 18.8 Å². The Morgan fingerprint density at radius 1 is 1.06 bits per heavy atom. The van der Waals surface area contributed by atoms with Gasteiger partial charge in [0.25, 0.3) is 5.92 Å². The maximum absolute atomic E-state index is 14.0. The topological polar surface area (TPSA) is 9.23 Å². The molecule has 1 saturated carbocycles. The molecule has 0 unspecified atom stereocenters. The maximum Gasteiger partial charge on any atom is 0.276 e. The minimum Gasteiger partial charge on any atom is -0.497 e. The van der Waals surface area contributed by atoms with Crippen LogP contribution in [0.2, 0.25) is 0 Å². The summed E-state index contributed by atoms with van der Waals surface area (Å²) in [4.78, 5) is 0. The Bertz CT molecular complexity index is 588. The highest BCUT2D eigenvalue weighted by atomic mass is 19.3.